The molecule has 2 aromatic heterocycles. The van der Waals surface area contributed by atoms with Gasteiger partial charge in [-0.25, -0.2) is 0 Å². The standard InChI is InChI=1S/C27H30N4O4/c1-5-20-9-11-22(12-10-20)35-26-23(27(33)31-14-6-8-19(4)24(31)30-26)16-21(17-28)25(32)29-13-7-15-34-18(2)3/h6,8-12,14,16,18H,5,7,13,15H2,1-4H3,(H,29,32). The second-order valence-corrected chi connectivity index (χ2v) is 8.32. The average Bonchev–Trinajstić information content (AvgIpc) is 2.84. The maximum atomic E-state index is 13.4. The fraction of sp³-hybridized carbons (Fsp3) is 0.333. The molecule has 0 spiro atoms. The molecule has 0 bridgehead atoms. The van der Waals surface area contributed by atoms with E-state index in [4.69, 9.17) is 9.47 Å². The van der Waals surface area contributed by atoms with Crippen molar-refractivity contribution in [2.45, 2.75) is 46.6 Å². The predicted molar refractivity (Wildman–Crippen MR) is 134 cm³/mol. The molecule has 0 saturated heterocycles. The van der Waals surface area contributed by atoms with Crippen molar-refractivity contribution in [3.63, 3.8) is 0 Å². The van der Waals surface area contributed by atoms with Gasteiger partial charge in [-0.2, -0.15) is 10.2 Å². The molecule has 0 radical (unpaired) electrons. The smallest absolute Gasteiger partial charge is 0.269 e. The first-order chi connectivity index (χ1) is 16.8. The Morgan fingerprint density at radius 3 is 2.66 bits per heavy atom. The van der Waals surface area contributed by atoms with Crippen LogP contribution in [0.2, 0.25) is 0 Å². The van der Waals surface area contributed by atoms with Crippen LogP contribution in [0.5, 0.6) is 11.6 Å². The van der Waals surface area contributed by atoms with Gasteiger partial charge in [0.2, 0.25) is 5.88 Å². The summed E-state index contributed by atoms with van der Waals surface area (Å²) in [4.78, 5) is 30.6. The normalized spacial score (nSPS) is 11.5. The third kappa shape index (κ3) is 6.55. The maximum absolute atomic E-state index is 13.4. The molecule has 1 aromatic carbocycles. The Hall–Kier alpha value is -3.96. The van der Waals surface area contributed by atoms with Crippen molar-refractivity contribution in [1.29, 1.82) is 5.26 Å². The third-order valence-electron chi connectivity index (χ3n) is 5.31. The summed E-state index contributed by atoms with van der Waals surface area (Å²) in [6.07, 6.45) is 4.42. The zero-order valence-corrected chi connectivity index (χ0v) is 20.5. The van der Waals surface area contributed by atoms with Crippen molar-refractivity contribution in [2.75, 3.05) is 13.2 Å². The van der Waals surface area contributed by atoms with Crippen molar-refractivity contribution in [3.05, 3.63) is 75.2 Å². The van der Waals surface area contributed by atoms with E-state index in [9.17, 15) is 14.9 Å². The van der Waals surface area contributed by atoms with Crippen LogP contribution in [0.4, 0.5) is 0 Å². The Bertz CT molecular complexity index is 1320. The lowest BCUT2D eigenvalue weighted by molar-refractivity contribution is -0.117. The molecule has 35 heavy (non-hydrogen) atoms. The molecule has 0 aliphatic heterocycles. The van der Waals surface area contributed by atoms with Gasteiger partial charge in [0.1, 0.15) is 28.6 Å². The number of carbonyl (C=O) groups is 1. The number of nitrogens with one attached hydrogen (secondary N) is 1. The van der Waals surface area contributed by atoms with Gasteiger partial charge in [0.05, 0.1) is 6.10 Å². The molecular formula is C27H30N4O4. The van der Waals surface area contributed by atoms with Crippen molar-refractivity contribution in [2.24, 2.45) is 0 Å². The predicted octanol–water partition coefficient (Wildman–Crippen LogP) is 4.20. The highest BCUT2D eigenvalue weighted by Gasteiger charge is 2.18. The minimum atomic E-state index is -0.580. The highest BCUT2D eigenvalue weighted by Crippen LogP contribution is 2.25. The molecule has 3 rings (SSSR count). The van der Waals surface area contributed by atoms with Crippen molar-refractivity contribution in [1.82, 2.24) is 14.7 Å². The molecule has 0 aliphatic carbocycles. The zero-order chi connectivity index (χ0) is 25.4. The fourth-order valence-electron chi connectivity index (χ4n) is 3.38. The number of aromatic nitrogens is 2. The number of carbonyl (C=O) groups excluding carboxylic acids is 1. The number of amides is 1. The third-order valence-corrected chi connectivity index (χ3v) is 5.31. The van der Waals surface area contributed by atoms with Gasteiger partial charge in [-0.3, -0.25) is 14.0 Å². The van der Waals surface area contributed by atoms with Crippen molar-refractivity contribution < 1.29 is 14.3 Å². The summed E-state index contributed by atoms with van der Waals surface area (Å²) in [5, 5.41) is 12.3. The van der Waals surface area contributed by atoms with Gasteiger partial charge in [0.15, 0.2) is 0 Å². The highest BCUT2D eigenvalue weighted by molar-refractivity contribution is 6.01. The van der Waals surface area contributed by atoms with Crippen LogP contribution in [-0.2, 0) is 16.0 Å². The van der Waals surface area contributed by atoms with E-state index in [1.165, 1.54) is 10.5 Å². The molecule has 2 heterocycles. The summed E-state index contributed by atoms with van der Waals surface area (Å²) in [6.45, 7) is 8.60. The Morgan fingerprint density at radius 1 is 1.26 bits per heavy atom. The van der Waals surface area contributed by atoms with Crippen LogP contribution < -0.4 is 15.6 Å². The number of rotatable bonds is 10. The van der Waals surface area contributed by atoms with Crippen LogP contribution in [0, 0.1) is 18.3 Å². The number of fused-ring (bicyclic) bond motifs is 1. The summed E-state index contributed by atoms with van der Waals surface area (Å²) in [6, 6.07) is 12.9. The lowest BCUT2D eigenvalue weighted by Crippen LogP contribution is -2.27. The number of aryl methyl sites for hydroxylation is 2. The van der Waals surface area contributed by atoms with Crippen LogP contribution in [0.1, 0.15) is 43.9 Å². The minimum Gasteiger partial charge on any atom is -0.438 e. The Labute approximate surface area is 204 Å². The number of pyridine rings is 1. The summed E-state index contributed by atoms with van der Waals surface area (Å²) in [5.74, 6) is -0.0572. The van der Waals surface area contributed by atoms with Crippen LogP contribution in [0.3, 0.4) is 0 Å². The monoisotopic (exact) mass is 474 g/mol. The summed E-state index contributed by atoms with van der Waals surface area (Å²) < 4.78 is 12.8. The second kappa shape index (κ2) is 12.0. The lowest BCUT2D eigenvalue weighted by atomic mass is 10.1. The first-order valence-corrected chi connectivity index (χ1v) is 11.6. The molecule has 1 amide bonds. The van der Waals surface area contributed by atoms with Crippen LogP contribution in [0.25, 0.3) is 11.7 Å². The molecule has 8 nitrogen and oxygen atoms in total. The number of hydrogen-bond donors (Lipinski definition) is 1. The van der Waals surface area contributed by atoms with Gasteiger partial charge in [-0.15, -0.1) is 0 Å². The number of benzene rings is 1. The van der Waals surface area contributed by atoms with E-state index in [2.05, 4.69) is 17.2 Å². The summed E-state index contributed by atoms with van der Waals surface area (Å²) in [5.41, 5.74) is 1.72. The quantitative estimate of drug-likeness (QED) is 0.268. The minimum absolute atomic E-state index is 0.0162. The molecule has 0 fully saturated rings. The number of nitriles is 1. The first kappa shape index (κ1) is 25.7. The van der Waals surface area contributed by atoms with E-state index in [-0.39, 0.29) is 23.1 Å². The van der Waals surface area contributed by atoms with Gasteiger partial charge in [0.25, 0.3) is 11.5 Å². The molecule has 0 aliphatic rings. The largest absolute Gasteiger partial charge is 0.438 e. The topological polar surface area (TPSA) is 106 Å². The molecular weight excluding hydrogens is 444 g/mol. The maximum Gasteiger partial charge on any atom is 0.269 e. The zero-order valence-electron chi connectivity index (χ0n) is 20.5. The van der Waals surface area contributed by atoms with Crippen LogP contribution in [0.15, 0.2) is 53.0 Å². The van der Waals surface area contributed by atoms with E-state index in [1.807, 2.05) is 45.0 Å². The number of nitrogens with zero attached hydrogens (tertiary/aromatic N) is 3. The Kier molecular flexibility index (Phi) is 8.76. The molecule has 1 N–H and O–H groups in total. The molecule has 0 unspecified atom stereocenters. The molecule has 8 heteroatoms. The molecule has 0 atom stereocenters. The fourth-order valence-corrected chi connectivity index (χ4v) is 3.38. The van der Waals surface area contributed by atoms with Crippen molar-refractivity contribution >= 4 is 17.6 Å². The Morgan fingerprint density at radius 2 is 2.00 bits per heavy atom. The second-order valence-electron chi connectivity index (χ2n) is 8.32. The van der Waals surface area contributed by atoms with Crippen molar-refractivity contribution in [3.8, 4) is 17.7 Å². The summed E-state index contributed by atoms with van der Waals surface area (Å²) in [7, 11) is 0. The molecule has 0 saturated carbocycles. The van der Waals surface area contributed by atoms with Crippen LogP contribution >= 0.6 is 0 Å². The SMILES string of the molecule is CCc1ccc(Oc2nc3c(C)cccn3c(=O)c2C=C(C#N)C(=O)NCCCOC(C)C)cc1. The molecule has 3 aromatic rings. The van der Waals surface area contributed by atoms with E-state index >= 15 is 0 Å². The average molecular weight is 475 g/mol. The highest BCUT2D eigenvalue weighted by atomic mass is 16.5. The number of ether oxygens (including phenoxy) is 2. The first-order valence-electron chi connectivity index (χ1n) is 11.6. The number of hydrogen-bond acceptors (Lipinski definition) is 6. The van der Waals surface area contributed by atoms with Gasteiger partial charge < -0.3 is 14.8 Å². The van der Waals surface area contributed by atoms with Gasteiger partial charge in [0, 0.05) is 19.3 Å². The summed E-state index contributed by atoms with van der Waals surface area (Å²) >= 11 is 0. The van der Waals surface area contributed by atoms with Gasteiger partial charge >= 0.3 is 0 Å². The van der Waals surface area contributed by atoms with Gasteiger partial charge in [-0.1, -0.05) is 25.1 Å². The van der Waals surface area contributed by atoms with E-state index in [0.29, 0.717) is 31.0 Å². The van der Waals surface area contributed by atoms with Gasteiger partial charge in [-0.05, 0) is 69.0 Å². The van der Waals surface area contributed by atoms with E-state index in [0.717, 1.165) is 17.5 Å². The molecule has 182 valence electrons. The lowest BCUT2D eigenvalue weighted by Gasteiger charge is -2.12. The van der Waals surface area contributed by atoms with E-state index in [1.54, 1.807) is 24.4 Å². The van der Waals surface area contributed by atoms with E-state index < -0.39 is 11.5 Å². The Balaban J connectivity index is 1.97. The van der Waals surface area contributed by atoms with Crippen LogP contribution in [-0.4, -0.2) is 34.5 Å².